The van der Waals surface area contributed by atoms with E-state index in [1.54, 1.807) is 24.7 Å². The molecule has 1 atom stereocenters. The molecule has 2 aromatic rings. The van der Waals surface area contributed by atoms with Crippen LogP contribution in [0.2, 0.25) is 5.02 Å². The molecule has 0 saturated heterocycles. The van der Waals surface area contributed by atoms with Gasteiger partial charge in [0.15, 0.2) is 0 Å². The van der Waals surface area contributed by atoms with Crippen molar-refractivity contribution in [1.82, 2.24) is 15.0 Å². The van der Waals surface area contributed by atoms with Crippen molar-refractivity contribution in [2.45, 2.75) is 12.8 Å². The van der Waals surface area contributed by atoms with Gasteiger partial charge in [0, 0.05) is 29.4 Å². The van der Waals surface area contributed by atoms with E-state index in [-0.39, 0.29) is 17.6 Å². The van der Waals surface area contributed by atoms with E-state index in [9.17, 15) is 9.90 Å². The molecule has 1 aliphatic heterocycles. The van der Waals surface area contributed by atoms with E-state index < -0.39 is 0 Å². The van der Waals surface area contributed by atoms with Crippen LogP contribution in [0.5, 0.6) is 5.75 Å². The van der Waals surface area contributed by atoms with Crippen LogP contribution in [0.25, 0.3) is 0 Å². The smallest absolute Gasteiger partial charge is 0.239 e. The normalized spacial score (nSPS) is 17.9. The van der Waals surface area contributed by atoms with Crippen LogP contribution in [0.1, 0.15) is 24.1 Å². The summed E-state index contributed by atoms with van der Waals surface area (Å²) in [6.45, 7) is 1.85. The van der Waals surface area contributed by atoms with Crippen molar-refractivity contribution < 1.29 is 9.90 Å². The maximum absolute atomic E-state index is 11.6. The Morgan fingerprint density at radius 2 is 2.33 bits per heavy atom. The number of hydrogen-bond donors (Lipinski definition) is 2. The topological polar surface area (TPSA) is 81.6 Å². The Hall–Kier alpha value is -2.34. The monoisotopic (exact) mass is 304 g/mol. The summed E-state index contributed by atoms with van der Waals surface area (Å²) in [6.07, 6.45) is 3.26. The third-order valence-electron chi connectivity index (χ3n) is 3.41. The summed E-state index contributed by atoms with van der Waals surface area (Å²) in [6, 6.07) is 4.76. The van der Waals surface area contributed by atoms with Gasteiger partial charge < -0.3 is 10.1 Å². The number of amides is 1. The highest BCUT2D eigenvalue weighted by Crippen LogP contribution is 2.32. The fraction of sp³-hybridized carbons (Fsp3) is 0.214. The number of aromatic amines is 1. The van der Waals surface area contributed by atoms with Gasteiger partial charge in [-0.2, -0.15) is 5.10 Å². The van der Waals surface area contributed by atoms with Crippen molar-refractivity contribution in [1.29, 1.82) is 0 Å². The number of rotatable bonds is 2. The minimum Gasteiger partial charge on any atom is -0.507 e. The van der Waals surface area contributed by atoms with Crippen molar-refractivity contribution in [2.24, 2.45) is 5.10 Å². The van der Waals surface area contributed by atoms with Gasteiger partial charge in [-0.05, 0) is 18.2 Å². The molecular formula is C14H13ClN4O2. The van der Waals surface area contributed by atoms with Crippen molar-refractivity contribution in [2.75, 3.05) is 6.54 Å². The van der Waals surface area contributed by atoms with E-state index in [1.807, 2.05) is 0 Å². The van der Waals surface area contributed by atoms with Gasteiger partial charge in [-0.25, -0.2) is 9.99 Å². The number of benzene rings is 1. The van der Waals surface area contributed by atoms with E-state index in [0.29, 0.717) is 22.8 Å². The van der Waals surface area contributed by atoms with Crippen LogP contribution >= 0.6 is 11.6 Å². The lowest BCUT2D eigenvalue weighted by Gasteiger charge is -2.12. The summed E-state index contributed by atoms with van der Waals surface area (Å²) in [7, 11) is 0. The quantitative estimate of drug-likeness (QED) is 0.891. The molecule has 3 rings (SSSR count). The zero-order chi connectivity index (χ0) is 15.0. The number of halogens is 1. The molecule has 2 heterocycles. The average Bonchev–Trinajstić information content (AvgIpc) is 3.09. The Kier molecular flexibility index (Phi) is 3.39. The van der Waals surface area contributed by atoms with Crippen LogP contribution in [-0.4, -0.2) is 38.2 Å². The van der Waals surface area contributed by atoms with Gasteiger partial charge in [0.2, 0.25) is 5.91 Å². The number of H-pyrrole nitrogens is 1. The Morgan fingerprint density at radius 1 is 1.52 bits per heavy atom. The molecule has 0 radical (unpaired) electrons. The van der Waals surface area contributed by atoms with Crippen LogP contribution in [0.4, 0.5) is 0 Å². The van der Waals surface area contributed by atoms with Crippen LogP contribution < -0.4 is 0 Å². The van der Waals surface area contributed by atoms with Crippen molar-refractivity contribution in [3.63, 3.8) is 0 Å². The van der Waals surface area contributed by atoms with Crippen molar-refractivity contribution in [3.05, 3.63) is 47.0 Å². The molecule has 0 fully saturated rings. The lowest BCUT2D eigenvalue weighted by molar-refractivity contribution is -0.128. The van der Waals surface area contributed by atoms with Gasteiger partial charge in [0.05, 0.1) is 24.5 Å². The Morgan fingerprint density at radius 3 is 3.00 bits per heavy atom. The van der Waals surface area contributed by atoms with Crippen LogP contribution in [0.15, 0.2) is 35.8 Å². The first-order valence-electron chi connectivity index (χ1n) is 6.40. The maximum atomic E-state index is 11.6. The number of carbonyl (C=O) groups is 1. The van der Waals surface area contributed by atoms with Gasteiger partial charge >= 0.3 is 0 Å². The predicted molar refractivity (Wildman–Crippen MR) is 78.4 cm³/mol. The number of hydrazone groups is 1. The van der Waals surface area contributed by atoms with Gasteiger partial charge in [-0.15, -0.1) is 0 Å². The molecular weight excluding hydrogens is 292 g/mol. The lowest BCUT2D eigenvalue weighted by atomic mass is 9.94. The highest BCUT2D eigenvalue weighted by Gasteiger charge is 2.33. The van der Waals surface area contributed by atoms with E-state index in [1.165, 1.54) is 18.0 Å². The number of carbonyl (C=O) groups excluding carboxylic acids is 1. The first-order chi connectivity index (χ1) is 10.1. The number of nitrogens with zero attached hydrogens (tertiary/aromatic N) is 3. The SMILES string of the molecule is CC(=O)N1CC(c2cnc[nH]2)C(c2cc(Cl)ccc2O)=N1. The summed E-state index contributed by atoms with van der Waals surface area (Å²) in [4.78, 5) is 18.6. The molecule has 1 unspecified atom stereocenters. The molecule has 108 valence electrons. The average molecular weight is 305 g/mol. The Bertz CT molecular complexity index is 712. The van der Waals surface area contributed by atoms with Crippen LogP contribution in [0, 0.1) is 0 Å². The number of nitrogens with one attached hydrogen (secondary N) is 1. The minimum atomic E-state index is -0.180. The molecule has 2 N–H and O–H groups in total. The first-order valence-corrected chi connectivity index (χ1v) is 6.78. The maximum Gasteiger partial charge on any atom is 0.239 e. The summed E-state index contributed by atoms with van der Waals surface area (Å²) in [5, 5.41) is 16.3. The standard InChI is InChI=1S/C14H13ClN4O2/c1-8(20)19-6-11(12-5-16-7-17-12)14(18-19)10-4-9(15)2-3-13(10)21/h2-5,7,11,21H,6H2,1H3,(H,16,17). The van der Waals surface area contributed by atoms with Gasteiger partial charge in [-0.3, -0.25) is 4.79 Å². The van der Waals surface area contributed by atoms with Gasteiger partial charge in [-0.1, -0.05) is 11.6 Å². The number of aromatic hydroxyl groups is 1. The number of imidazole rings is 1. The highest BCUT2D eigenvalue weighted by molar-refractivity contribution is 6.31. The molecule has 1 aromatic heterocycles. The van der Waals surface area contributed by atoms with Crippen molar-refractivity contribution >= 4 is 23.2 Å². The molecule has 7 heteroatoms. The second-order valence-electron chi connectivity index (χ2n) is 4.81. The predicted octanol–water partition coefficient (Wildman–Crippen LogP) is 2.12. The van der Waals surface area contributed by atoms with Crippen molar-refractivity contribution in [3.8, 4) is 5.75 Å². The number of phenols is 1. The van der Waals surface area contributed by atoms with Crippen LogP contribution in [0.3, 0.4) is 0 Å². The Labute approximate surface area is 126 Å². The Balaban J connectivity index is 2.08. The van der Waals surface area contributed by atoms with E-state index >= 15 is 0 Å². The number of aromatic nitrogens is 2. The zero-order valence-corrected chi connectivity index (χ0v) is 12.0. The largest absolute Gasteiger partial charge is 0.507 e. The van der Waals surface area contributed by atoms with Gasteiger partial charge in [0.1, 0.15) is 5.75 Å². The molecule has 1 aliphatic rings. The third-order valence-corrected chi connectivity index (χ3v) is 3.64. The fourth-order valence-electron chi connectivity index (χ4n) is 2.36. The molecule has 1 amide bonds. The fourth-order valence-corrected chi connectivity index (χ4v) is 2.53. The molecule has 21 heavy (non-hydrogen) atoms. The molecule has 0 saturated carbocycles. The number of phenolic OH excluding ortho intramolecular Hbond substituents is 1. The van der Waals surface area contributed by atoms with E-state index in [0.717, 1.165) is 5.69 Å². The van der Waals surface area contributed by atoms with Crippen LogP contribution in [-0.2, 0) is 4.79 Å². The summed E-state index contributed by atoms with van der Waals surface area (Å²) in [5.74, 6) is -0.259. The first kappa shape index (κ1) is 13.6. The second kappa shape index (κ2) is 5.21. The van der Waals surface area contributed by atoms with E-state index in [4.69, 9.17) is 11.6 Å². The third kappa shape index (κ3) is 2.50. The summed E-state index contributed by atoms with van der Waals surface area (Å²) < 4.78 is 0. The summed E-state index contributed by atoms with van der Waals surface area (Å²) in [5.41, 5.74) is 1.94. The molecule has 0 spiro atoms. The molecule has 6 nitrogen and oxygen atoms in total. The van der Waals surface area contributed by atoms with E-state index in [2.05, 4.69) is 15.1 Å². The number of hydrogen-bond acceptors (Lipinski definition) is 4. The zero-order valence-electron chi connectivity index (χ0n) is 11.2. The highest BCUT2D eigenvalue weighted by atomic mass is 35.5. The molecule has 0 bridgehead atoms. The summed E-state index contributed by atoms with van der Waals surface area (Å²) >= 11 is 6.00. The minimum absolute atomic E-state index is 0.0769. The lowest BCUT2D eigenvalue weighted by Crippen LogP contribution is -2.23. The second-order valence-corrected chi connectivity index (χ2v) is 5.24. The molecule has 1 aromatic carbocycles. The molecule has 0 aliphatic carbocycles. The van der Waals surface area contributed by atoms with Gasteiger partial charge in [0.25, 0.3) is 0 Å².